The third-order valence-corrected chi connectivity index (χ3v) is 2.08. The van der Waals surface area contributed by atoms with Gasteiger partial charge in [0, 0.05) is 12.6 Å². The van der Waals surface area contributed by atoms with E-state index >= 15 is 0 Å². The van der Waals surface area contributed by atoms with Crippen molar-refractivity contribution in [3.63, 3.8) is 0 Å². The average molecular weight is 192 g/mol. The third-order valence-electron chi connectivity index (χ3n) is 2.08. The van der Waals surface area contributed by atoms with Gasteiger partial charge in [0.25, 0.3) is 0 Å². The number of rotatable bonds is 4. The van der Waals surface area contributed by atoms with E-state index in [4.69, 9.17) is 5.73 Å². The van der Waals surface area contributed by atoms with Crippen molar-refractivity contribution in [2.24, 2.45) is 5.73 Å². The van der Waals surface area contributed by atoms with Crippen LogP contribution in [-0.4, -0.2) is 25.0 Å². The molecule has 2 nitrogen and oxygen atoms in total. The monoisotopic (exact) mass is 192 g/mol. The molecule has 1 atom stereocenters. The highest BCUT2D eigenvalue weighted by atomic mass is 15.0. The molecule has 78 valence electrons. The maximum absolute atomic E-state index is 5.73. The number of benzene rings is 1. The fraction of sp³-hybridized carbons (Fsp3) is 0.500. The van der Waals surface area contributed by atoms with Gasteiger partial charge < -0.3 is 10.6 Å². The van der Waals surface area contributed by atoms with Gasteiger partial charge in [-0.1, -0.05) is 24.3 Å². The molecular formula is C12H20N2. The van der Waals surface area contributed by atoms with Crippen molar-refractivity contribution in [2.45, 2.75) is 25.9 Å². The second-order valence-corrected chi connectivity index (χ2v) is 4.24. The van der Waals surface area contributed by atoms with E-state index in [2.05, 4.69) is 43.3 Å². The Labute approximate surface area is 86.7 Å². The fourth-order valence-corrected chi connectivity index (χ4v) is 1.52. The van der Waals surface area contributed by atoms with Gasteiger partial charge in [-0.25, -0.2) is 0 Å². The van der Waals surface area contributed by atoms with Crippen LogP contribution in [0.1, 0.15) is 18.1 Å². The van der Waals surface area contributed by atoms with E-state index in [9.17, 15) is 0 Å². The minimum atomic E-state index is 0.245. The molecule has 0 saturated heterocycles. The van der Waals surface area contributed by atoms with Crippen LogP contribution in [0.2, 0.25) is 0 Å². The zero-order valence-electron chi connectivity index (χ0n) is 9.33. The topological polar surface area (TPSA) is 29.3 Å². The van der Waals surface area contributed by atoms with Crippen LogP contribution in [0.4, 0.5) is 0 Å². The summed E-state index contributed by atoms with van der Waals surface area (Å²) in [5.74, 6) is 0. The molecule has 0 amide bonds. The van der Waals surface area contributed by atoms with Crippen LogP contribution in [0, 0.1) is 0 Å². The zero-order chi connectivity index (χ0) is 10.6. The largest absolute Gasteiger partial charge is 0.328 e. The first-order valence-corrected chi connectivity index (χ1v) is 5.06. The molecule has 0 saturated carbocycles. The molecule has 1 unspecified atom stereocenters. The van der Waals surface area contributed by atoms with Gasteiger partial charge in [0.2, 0.25) is 0 Å². The number of nitrogens with zero attached hydrogens (tertiary/aromatic N) is 1. The zero-order valence-corrected chi connectivity index (χ0v) is 9.33. The van der Waals surface area contributed by atoms with E-state index < -0.39 is 0 Å². The summed E-state index contributed by atoms with van der Waals surface area (Å²) in [6.07, 6.45) is 0.961. The molecule has 14 heavy (non-hydrogen) atoms. The van der Waals surface area contributed by atoms with Crippen molar-refractivity contribution < 1.29 is 0 Å². The van der Waals surface area contributed by atoms with E-state index in [0.717, 1.165) is 13.0 Å². The fourth-order valence-electron chi connectivity index (χ4n) is 1.52. The van der Waals surface area contributed by atoms with Crippen molar-refractivity contribution in [3.05, 3.63) is 35.4 Å². The molecule has 2 heteroatoms. The highest BCUT2D eigenvalue weighted by molar-refractivity contribution is 5.23. The Kier molecular flexibility index (Phi) is 4.11. The smallest absolute Gasteiger partial charge is 0.0227 e. The van der Waals surface area contributed by atoms with Gasteiger partial charge in [-0.15, -0.1) is 0 Å². The Hall–Kier alpha value is -0.860. The van der Waals surface area contributed by atoms with Gasteiger partial charge in [-0.3, -0.25) is 0 Å². The second-order valence-electron chi connectivity index (χ2n) is 4.24. The first-order valence-electron chi connectivity index (χ1n) is 5.06. The lowest BCUT2D eigenvalue weighted by Crippen LogP contribution is -2.17. The van der Waals surface area contributed by atoms with Crippen molar-refractivity contribution in [3.8, 4) is 0 Å². The summed E-state index contributed by atoms with van der Waals surface area (Å²) in [6, 6.07) is 8.94. The summed E-state index contributed by atoms with van der Waals surface area (Å²) in [7, 11) is 4.16. The minimum absolute atomic E-state index is 0.245. The number of hydrogen-bond donors (Lipinski definition) is 1. The van der Waals surface area contributed by atoms with Gasteiger partial charge in [-0.05, 0) is 38.6 Å². The lowest BCUT2D eigenvalue weighted by Gasteiger charge is -2.10. The molecule has 0 bridgehead atoms. The molecule has 1 aromatic carbocycles. The van der Waals surface area contributed by atoms with Crippen LogP contribution in [0.25, 0.3) is 0 Å². The Morgan fingerprint density at radius 1 is 1.14 bits per heavy atom. The second kappa shape index (κ2) is 5.13. The van der Waals surface area contributed by atoms with Crippen LogP contribution in [0.15, 0.2) is 24.3 Å². The molecule has 0 fully saturated rings. The van der Waals surface area contributed by atoms with Crippen molar-refractivity contribution >= 4 is 0 Å². The van der Waals surface area contributed by atoms with Crippen molar-refractivity contribution in [2.75, 3.05) is 14.1 Å². The molecule has 0 aromatic heterocycles. The third kappa shape index (κ3) is 3.90. The van der Waals surface area contributed by atoms with Gasteiger partial charge in [0.05, 0.1) is 0 Å². The molecule has 1 aromatic rings. The molecule has 0 aliphatic rings. The Morgan fingerprint density at radius 2 is 1.64 bits per heavy atom. The predicted molar refractivity (Wildman–Crippen MR) is 61.2 cm³/mol. The summed E-state index contributed by atoms with van der Waals surface area (Å²) < 4.78 is 0. The van der Waals surface area contributed by atoms with Gasteiger partial charge in [-0.2, -0.15) is 0 Å². The Morgan fingerprint density at radius 3 is 2.07 bits per heavy atom. The highest BCUT2D eigenvalue weighted by Gasteiger charge is 1.98. The van der Waals surface area contributed by atoms with Gasteiger partial charge >= 0.3 is 0 Å². The lowest BCUT2D eigenvalue weighted by molar-refractivity contribution is 0.402. The molecule has 0 radical (unpaired) electrons. The minimum Gasteiger partial charge on any atom is -0.328 e. The summed E-state index contributed by atoms with van der Waals surface area (Å²) in [4.78, 5) is 2.17. The Bertz CT molecular complexity index is 233. The quantitative estimate of drug-likeness (QED) is 0.785. The molecule has 1 rings (SSSR count). The average Bonchev–Trinajstić information content (AvgIpc) is 2.06. The normalized spacial score (nSPS) is 13.2. The van der Waals surface area contributed by atoms with E-state index in [1.807, 2.05) is 6.92 Å². The lowest BCUT2D eigenvalue weighted by atomic mass is 10.1. The number of nitrogens with two attached hydrogens (primary N) is 1. The Balaban J connectivity index is 2.59. The molecule has 0 aliphatic heterocycles. The highest BCUT2D eigenvalue weighted by Crippen LogP contribution is 2.07. The summed E-state index contributed by atoms with van der Waals surface area (Å²) in [5, 5.41) is 0. The first-order chi connectivity index (χ1) is 6.58. The van der Waals surface area contributed by atoms with Crippen LogP contribution < -0.4 is 5.73 Å². The summed E-state index contributed by atoms with van der Waals surface area (Å²) >= 11 is 0. The first kappa shape index (κ1) is 11.2. The van der Waals surface area contributed by atoms with Crippen molar-refractivity contribution in [1.29, 1.82) is 0 Å². The van der Waals surface area contributed by atoms with Crippen molar-refractivity contribution in [1.82, 2.24) is 4.90 Å². The number of hydrogen-bond acceptors (Lipinski definition) is 2. The summed E-state index contributed by atoms with van der Waals surface area (Å²) in [5.41, 5.74) is 8.41. The van der Waals surface area contributed by atoms with Gasteiger partial charge in [0.15, 0.2) is 0 Å². The van der Waals surface area contributed by atoms with Crippen LogP contribution in [0.3, 0.4) is 0 Å². The standard InChI is InChI=1S/C12H20N2/c1-10(13)8-11-4-6-12(7-5-11)9-14(2)3/h4-7,10H,8-9,13H2,1-3H3. The molecule has 2 N–H and O–H groups in total. The SMILES string of the molecule is CC(N)Cc1ccc(CN(C)C)cc1. The van der Waals surface area contributed by atoms with E-state index in [1.54, 1.807) is 0 Å². The van der Waals surface area contributed by atoms with E-state index in [0.29, 0.717) is 0 Å². The van der Waals surface area contributed by atoms with Crippen LogP contribution >= 0.6 is 0 Å². The summed E-state index contributed by atoms with van der Waals surface area (Å²) in [6.45, 7) is 3.03. The molecular weight excluding hydrogens is 172 g/mol. The maximum atomic E-state index is 5.73. The van der Waals surface area contributed by atoms with Crippen LogP contribution in [-0.2, 0) is 13.0 Å². The van der Waals surface area contributed by atoms with E-state index in [-0.39, 0.29) is 6.04 Å². The molecule has 0 aliphatic carbocycles. The molecule has 0 heterocycles. The van der Waals surface area contributed by atoms with Gasteiger partial charge in [0.1, 0.15) is 0 Å². The van der Waals surface area contributed by atoms with E-state index in [1.165, 1.54) is 11.1 Å². The maximum Gasteiger partial charge on any atom is 0.0227 e. The van der Waals surface area contributed by atoms with Crippen LogP contribution in [0.5, 0.6) is 0 Å². The predicted octanol–water partition coefficient (Wildman–Crippen LogP) is 1.64. The molecule has 0 spiro atoms.